The molecule has 0 unspecified atom stereocenters. The van der Waals surface area contributed by atoms with Gasteiger partial charge in [-0.15, -0.1) is 0 Å². The van der Waals surface area contributed by atoms with Crippen molar-refractivity contribution >= 4 is 0 Å². The molecule has 0 aromatic heterocycles. The number of hydrogen-bond donors (Lipinski definition) is 1. The first-order valence-corrected chi connectivity index (χ1v) is 3.35. The van der Waals surface area contributed by atoms with Gasteiger partial charge in [0.25, 0.3) is 0 Å². The van der Waals surface area contributed by atoms with E-state index in [2.05, 4.69) is 19.2 Å². The SMILES string of the molecule is [CH]=CCCC(C)(C)NC. The summed E-state index contributed by atoms with van der Waals surface area (Å²) in [6, 6.07) is 0. The lowest BCUT2D eigenvalue weighted by atomic mass is 9.99. The Balaban J connectivity index is 3.44. The Kier molecular flexibility index (Phi) is 3.55. The minimum atomic E-state index is 0.232. The molecular formula is C8H16N. The van der Waals surface area contributed by atoms with E-state index in [9.17, 15) is 0 Å². The maximum Gasteiger partial charge on any atom is 0.0125 e. The number of allylic oxidation sites excluding steroid dienone is 1. The van der Waals surface area contributed by atoms with Gasteiger partial charge in [0.15, 0.2) is 0 Å². The molecule has 0 aliphatic rings. The fourth-order valence-corrected chi connectivity index (χ4v) is 0.569. The van der Waals surface area contributed by atoms with Crippen LogP contribution in [-0.4, -0.2) is 12.6 Å². The Morgan fingerprint density at radius 1 is 1.56 bits per heavy atom. The number of rotatable bonds is 4. The predicted molar refractivity (Wildman–Crippen MR) is 41.2 cm³/mol. The standard InChI is InChI=1S/C8H16N/c1-5-6-7-8(2,3)9-4/h1,5,9H,6-7H2,2-4H3. The molecule has 0 amide bonds. The third-order valence-electron chi connectivity index (χ3n) is 1.61. The van der Waals surface area contributed by atoms with Crippen molar-refractivity contribution < 1.29 is 0 Å². The van der Waals surface area contributed by atoms with E-state index in [0.29, 0.717) is 0 Å². The van der Waals surface area contributed by atoms with Crippen LogP contribution in [0.3, 0.4) is 0 Å². The molecule has 0 aliphatic carbocycles. The highest BCUT2D eigenvalue weighted by Crippen LogP contribution is 2.09. The molecule has 0 aliphatic heterocycles. The van der Waals surface area contributed by atoms with Crippen LogP contribution in [0.5, 0.6) is 0 Å². The van der Waals surface area contributed by atoms with E-state index in [1.807, 2.05) is 7.05 Å². The molecule has 1 nitrogen and oxygen atoms in total. The first kappa shape index (κ1) is 8.70. The fraction of sp³-hybridized carbons (Fsp3) is 0.750. The summed E-state index contributed by atoms with van der Waals surface area (Å²) in [5, 5.41) is 3.20. The van der Waals surface area contributed by atoms with Gasteiger partial charge in [0.1, 0.15) is 0 Å². The number of nitrogens with one attached hydrogen (secondary N) is 1. The van der Waals surface area contributed by atoms with Crippen LogP contribution in [0.2, 0.25) is 0 Å². The second-order valence-electron chi connectivity index (χ2n) is 2.91. The van der Waals surface area contributed by atoms with Crippen LogP contribution >= 0.6 is 0 Å². The third-order valence-corrected chi connectivity index (χ3v) is 1.61. The van der Waals surface area contributed by atoms with Crippen molar-refractivity contribution in [1.29, 1.82) is 0 Å². The molecule has 0 fully saturated rings. The van der Waals surface area contributed by atoms with Crippen molar-refractivity contribution in [3.05, 3.63) is 12.7 Å². The molecule has 0 heterocycles. The van der Waals surface area contributed by atoms with E-state index in [1.54, 1.807) is 6.08 Å². The van der Waals surface area contributed by atoms with Crippen LogP contribution < -0.4 is 5.32 Å². The first-order chi connectivity index (χ1) is 4.12. The summed E-state index contributed by atoms with van der Waals surface area (Å²) in [5.41, 5.74) is 0.232. The van der Waals surface area contributed by atoms with Gasteiger partial charge in [0.2, 0.25) is 0 Å². The van der Waals surface area contributed by atoms with E-state index in [4.69, 9.17) is 6.58 Å². The molecule has 53 valence electrons. The van der Waals surface area contributed by atoms with Gasteiger partial charge in [-0.05, 0) is 33.7 Å². The van der Waals surface area contributed by atoms with E-state index < -0.39 is 0 Å². The molecule has 9 heavy (non-hydrogen) atoms. The summed E-state index contributed by atoms with van der Waals surface area (Å²) in [6.07, 6.45) is 3.78. The van der Waals surface area contributed by atoms with E-state index in [-0.39, 0.29) is 5.54 Å². The molecular weight excluding hydrogens is 110 g/mol. The largest absolute Gasteiger partial charge is 0.315 e. The highest BCUT2D eigenvalue weighted by atomic mass is 14.9. The van der Waals surface area contributed by atoms with Crippen molar-refractivity contribution in [1.82, 2.24) is 5.32 Å². The molecule has 0 atom stereocenters. The van der Waals surface area contributed by atoms with Crippen molar-refractivity contribution in [2.24, 2.45) is 0 Å². The molecule has 0 saturated heterocycles. The Morgan fingerprint density at radius 2 is 2.11 bits per heavy atom. The summed E-state index contributed by atoms with van der Waals surface area (Å²) in [5.74, 6) is 0. The smallest absolute Gasteiger partial charge is 0.0125 e. The Bertz CT molecular complexity index is 84.6. The quantitative estimate of drug-likeness (QED) is 0.605. The van der Waals surface area contributed by atoms with Crippen molar-refractivity contribution in [2.75, 3.05) is 7.05 Å². The molecule has 1 N–H and O–H groups in total. The maximum atomic E-state index is 5.24. The molecule has 0 aromatic rings. The Morgan fingerprint density at radius 3 is 2.44 bits per heavy atom. The summed E-state index contributed by atoms with van der Waals surface area (Å²) in [7, 11) is 1.97. The van der Waals surface area contributed by atoms with Gasteiger partial charge in [-0.3, -0.25) is 0 Å². The normalized spacial score (nSPS) is 11.4. The minimum absolute atomic E-state index is 0.232. The summed E-state index contributed by atoms with van der Waals surface area (Å²) >= 11 is 0. The molecule has 0 rings (SSSR count). The lowest BCUT2D eigenvalue weighted by molar-refractivity contribution is 0.396. The van der Waals surface area contributed by atoms with Crippen LogP contribution in [0.25, 0.3) is 0 Å². The van der Waals surface area contributed by atoms with Crippen LogP contribution in [-0.2, 0) is 0 Å². The Hall–Kier alpha value is -0.300. The average molecular weight is 126 g/mol. The van der Waals surface area contributed by atoms with E-state index in [1.165, 1.54) is 0 Å². The predicted octanol–water partition coefficient (Wildman–Crippen LogP) is 1.75. The Labute approximate surface area is 58.2 Å². The summed E-state index contributed by atoms with van der Waals surface area (Å²) in [6.45, 7) is 9.56. The van der Waals surface area contributed by atoms with Crippen molar-refractivity contribution in [2.45, 2.75) is 32.2 Å². The summed E-state index contributed by atoms with van der Waals surface area (Å²) in [4.78, 5) is 0. The van der Waals surface area contributed by atoms with E-state index in [0.717, 1.165) is 12.8 Å². The average Bonchev–Trinajstić information content (AvgIpc) is 1.84. The molecule has 1 heteroatoms. The van der Waals surface area contributed by atoms with Gasteiger partial charge in [0.05, 0.1) is 0 Å². The van der Waals surface area contributed by atoms with Gasteiger partial charge in [-0.2, -0.15) is 0 Å². The van der Waals surface area contributed by atoms with E-state index >= 15 is 0 Å². The van der Waals surface area contributed by atoms with Gasteiger partial charge in [-0.1, -0.05) is 12.7 Å². The minimum Gasteiger partial charge on any atom is -0.315 e. The molecule has 0 bridgehead atoms. The zero-order chi connectivity index (χ0) is 7.33. The van der Waals surface area contributed by atoms with Gasteiger partial charge in [0, 0.05) is 5.54 Å². The van der Waals surface area contributed by atoms with Crippen LogP contribution in [0.4, 0.5) is 0 Å². The van der Waals surface area contributed by atoms with Crippen molar-refractivity contribution in [3.63, 3.8) is 0 Å². The third kappa shape index (κ3) is 4.22. The van der Waals surface area contributed by atoms with Crippen molar-refractivity contribution in [3.8, 4) is 0 Å². The summed E-state index contributed by atoms with van der Waals surface area (Å²) < 4.78 is 0. The zero-order valence-corrected chi connectivity index (χ0v) is 6.57. The molecule has 0 aromatic carbocycles. The molecule has 0 saturated carbocycles. The highest BCUT2D eigenvalue weighted by Gasteiger charge is 2.11. The molecule has 0 spiro atoms. The maximum absolute atomic E-state index is 5.24. The highest BCUT2D eigenvalue weighted by molar-refractivity contribution is 4.78. The lowest BCUT2D eigenvalue weighted by Gasteiger charge is -2.22. The van der Waals surface area contributed by atoms with Gasteiger partial charge in [-0.25, -0.2) is 0 Å². The molecule has 1 radical (unpaired) electrons. The van der Waals surface area contributed by atoms with Crippen LogP contribution in [0, 0.1) is 6.58 Å². The first-order valence-electron chi connectivity index (χ1n) is 3.35. The fourth-order valence-electron chi connectivity index (χ4n) is 0.569. The number of hydrogen-bond acceptors (Lipinski definition) is 1. The van der Waals surface area contributed by atoms with Crippen LogP contribution in [0.15, 0.2) is 6.08 Å². The van der Waals surface area contributed by atoms with Crippen LogP contribution in [0.1, 0.15) is 26.7 Å². The lowest BCUT2D eigenvalue weighted by Crippen LogP contribution is -2.35. The second kappa shape index (κ2) is 3.67. The van der Waals surface area contributed by atoms with Gasteiger partial charge >= 0.3 is 0 Å². The monoisotopic (exact) mass is 126 g/mol. The van der Waals surface area contributed by atoms with Gasteiger partial charge < -0.3 is 5.32 Å². The zero-order valence-electron chi connectivity index (χ0n) is 6.57. The topological polar surface area (TPSA) is 12.0 Å². The second-order valence-corrected chi connectivity index (χ2v) is 2.91.